The molecule has 1 unspecified atom stereocenters. The molecule has 0 N–H and O–H groups in total. The van der Waals surface area contributed by atoms with Crippen LogP contribution in [0.5, 0.6) is 0 Å². The minimum Gasteiger partial charge on any atom is -0.298 e. The summed E-state index contributed by atoms with van der Waals surface area (Å²) in [5.74, 6) is 0. The maximum atomic E-state index is 9.83. The summed E-state index contributed by atoms with van der Waals surface area (Å²) in [6, 6.07) is 0. The molecule has 0 spiro atoms. The highest BCUT2D eigenvalue weighted by Crippen LogP contribution is 2.16. The van der Waals surface area contributed by atoms with Gasteiger partial charge in [-0.2, -0.15) is 0 Å². The molecule has 1 nitrogen and oxygen atoms in total. The van der Waals surface area contributed by atoms with Crippen molar-refractivity contribution in [3.8, 4) is 0 Å². The number of hydrogen-bond donors (Lipinski definition) is 0. The average molecular weight is 229 g/mol. The number of halogens is 2. The first kappa shape index (κ1) is 7.50. The number of hydrogen-bond acceptors (Lipinski definition) is 0. The number of allylic oxidation sites excluding steroid dienone is 1. The predicted molar refractivity (Wildman–Crippen MR) is 36.1 cm³/mol. The van der Waals surface area contributed by atoms with Gasteiger partial charge in [0.1, 0.15) is 0 Å². The predicted octanol–water partition coefficient (Wildman–Crippen LogP) is 2.44. The Morgan fingerprint density at radius 2 is 2.29 bits per heavy atom. The van der Waals surface area contributed by atoms with Gasteiger partial charge in [0, 0.05) is 9.31 Å². The molecular weight excluding hydrogens is 224 g/mol. The Labute approximate surface area is 59.7 Å². The molecule has 0 bridgehead atoms. The second-order valence-corrected chi connectivity index (χ2v) is 3.41. The third kappa shape index (κ3) is 3.12. The lowest BCUT2D eigenvalue weighted by Gasteiger charge is -1.93. The lowest BCUT2D eigenvalue weighted by molar-refractivity contribution is 0.349. The Bertz CT molecular complexity index is 77.8. The molecule has 0 aliphatic heterocycles. The molecule has 0 aromatic heterocycles. The zero-order chi connectivity index (χ0) is 5.86. The smallest absolute Gasteiger partial charge is 0.154 e. The van der Waals surface area contributed by atoms with E-state index < -0.39 is 0 Å². The molecule has 7 heavy (non-hydrogen) atoms. The van der Waals surface area contributed by atoms with Gasteiger partial charge in [-0.1, -0.05) is 31.9 Å². The van der Waals surface area contributed by atoms with Crippen molar-refractivity contribution in [3.05, 3.63) is 10.7 Å². The second-order valence-electron chi connectivity index (χ2n) is 1.12. The molecule has 3 heteroatoms. The first-order valence-corrected chi connectivity index (χ1v) is 3.51. The highest BCUT2D eigenvalue weighted by molar-refractivity contribution is 9.14. The quantitative estimate of drug-likeness (QED) is 0.486. The van der Waals surface area contributed by atoms with Gasteiger partial charge >= 0.3 is 0 Å². The fourth-order valence-corrected chi connectivity index (χ4v) is 0.202. The van der Waals surface area contributed by atoms with Crippen LogP contribution in [0.1, 0.15) is 6.92 Å². The summed E-state index contributed by atoms with van der Waals surface area (Å²) in [5.41, 5.74) is 0. The van der Waals surface area contributed by atoms with E-state index in [2.05, 4.69) is 31.9 Å². The van der Waals surface area contributed by atoms with Crippen LogP contribution in [-0.4, -0.2) is 4.83 Å². The van der Waals surface area contributed by atoms with Crippen molar-refractivity contribution in [3.63, 3.8) is 0 Å². The molecule has 41 valence electrons. The zero-order valence-electron chi connectivity index (χ0n) is 3.82. The Morgan fingerprint density at radius 1 is 1.86 bits per heavy atom. The molecule has 1 radical (unpaired) electrons. The summed E-state index contributed by atoms with van der Waals surface area (Å²) in [6.45, 7) is 1.87. The Kier molecular flexibility index (Phi) is 3.75. The monoisotopic (exact) mass is 227 g/mol. The van der Waals surface area contributed by atoms with E-state index in [1.807, 2.05) is 6.92 Å². The normalized spacial score (nSPS) is 16.7. The molecule has 0 heterocycles. The number of alkyl halides is 1. The van der Waals surface area contributed by atoms with Crippen LogP contribution < -0.4 is 0 Å². The van der Waals surface area contributed by atoms with Crippen LogP contribution in [0.4, 0.5) is 0 Å². The van der Waals surface area contributed by atoms with Crippen molar-refractivity contribution >= 4 is 31.9 Å². The largest absolute Gasteiger partial charge is 0.298 e. The molecule has 0 amide bonds. The molecule has 1 atom stereocenters. The summed E-state index contributed by atoms with van der Waals surface area (Å²) in [7, 11) is 0. The van der Waals surface area contributed by atoms with Crippen molar-refractivity contribution in [2.75, 3.05) is 0 Å². The topological polar surface area (TPSA) is 19.9 Å². The third-order valence-electron chi connectivity index (χ3n) is 0.493. The van der Waals surface area contributed by atoms with Crippen molar-refractivity contribution in [1.29, 1.82) is 0 Å². The van der Waals surface area contributed by atoms with Gasteiger partial charge in [0.15, 0.2) is 6.26 Å². The van der Waals surface area contributed by atoms with Gasteiger partial charge in [-0.05, 0) is 6.92 Å². The van der Waals surface area contributed by atoms with Crippen LogP contribution in [0.25, 0.3) is 0 Å². The molecule has 0 fully saturated rings. The fourth-order valence-electron chi connectivity index (χ4n) is 0.0938. The van der Waals surface area contributed by atoms with Crippen LogP contribution in [0.2, 0.25) is 0 Å². The zero-order valence-corrected chi connectivity index (χ0v) is 6.99. The van der Waals surface area contributed by atoms with E-state index in [0.29, 0.717) is 4.48 Å². The fraction of sp³-hybridized carbons (Fsp3) is 0.500. The highest BCUT2D eigenvalue weighted by Gasteiger charge is 1.97. The molecule has 0 aliphatic rings. The van der Waals surface area contributed by atoms with Crippen molar-refractivity contribution in [1.82, 2.24) is 0 Å². The lowest BCUT2D eigenvalue weighted by atomic mass is 10.5. The van der Waals surface area contributed by atoms with E-state index in [1.165, 1.54) is 0 Å². The van der Waals surface area contributed by atoms with E-state index in [4.69, 9.17) is 0 Å². The Morgan fingerprint density at radius 3 is 2.29 bits per heavy atom. The van der Waals surface area contributed by atoms with Gasteiger partial charge in [0.25, 0.3) is 0 Å². The van der Waals surface area contributed by atoms with Crippen molar-refractivity contribution < 1.29 is 5.11 Å². The van der Waals surface area contributed by atoms with E-state index in [0.717, 1.165) is 6.26 Å². The third-order valence-corrected chi connectivity index (χ3v) is 2.47. The SMILES string of the molecule is CC(Br)C(Br)=C[O]. The van der Waals surface area contributed by atoms with E-state index in [9.17, 15) is 5.11 Å². The van der Waals surface area contributed by atoms with Gasteiger partial charge in [-0.3, -0.25) is 5.11 Å². The molecule has 0 saturated heterocycles. The number of rotatable bonds is 1. The molecule has 0 rings (SSSR count). The van der Waals surface area contributed by atoms with Crippen LogP contribution in [0.15, 0.2) is 10.7 Å². The second kappa shape index (κ2) is 3.50. The maximum Gasteiger partial charge on any atom is 0.154 e. The van der Waals surface area contributed by atoms with Gasteiger partial charge in [-0.25, -0.2) is 0 Å². The lowest BCUT2D eigenvalue weighted by Crippen LogP contribution is -1.85. The maximum absolute atomic E-state index is 9.83. The van der Waals surface area contributed by atoms with Gasteiger partial charge in [0.05, 0.1) is 0 Å². The van der Waals surface area contributed by atoms with Crippen LogP contribution in [0.3, 0.4) is 0 Å². The van der Waals surface area contributed by atoms with Gasteiger partial charge in [0.2, 0.25) is 0 Å². The average Bonchev–Trinajstić information content (AvgIpc) is 1.65. The molecular formula is C4H5Br2O. The van der Waals surface area contributed by atoms with Gasteiger partial charge < -0.3 is 0 Å². The van der Waals surface area contributed by atoms with Crippen LogP contribution in [-0.2, 0) is 5.11 Å². The van der Waals surface area contributed by atoms with Crippen molar-refractivity contribution in [2.24, 2.45) is 0 Å². The summed E-state index contributed by atoms with van der Waals surface area (Å²) in [4.78, 5) is 0.144. The van der Waals surface area contributed by atoms with Gasteiger partial charge in [-0.15, -0.1) is 0 Å². The molecule has 0 aliphatic carbocycles. The minimum absolute atomic E-state index is 0.144. The van der Waals surface area contributed by atoms with Crippen LogP contribution >= 0.6 is 31.9 Å². The van der Waals surface area contributed by atoms with E-state index >= 15 is 0 Å². The standard InChI is InChI=1S/C4H5Br2O/c1-3(5)4(6)2-7/h2-3H,1H3. The first-order valence-electron chi connectivity index (χ1n) is 1.80. The van der Waals surface area contributed by atoms with E-state index in [-0.39, 0.29) is 4.83 Å². The van der Waals surface area contributed by atoms with E-state index in [1.54, 1.807) is 0 Å². The molecule has 0 aromatic rings. The Balaban J connectivity index is 3.56. The van der Waals surface area contributed by atoms with Crippen LogP contribution in [0, 0.1) is 0 Å². The highest BCUT2D eigenvalue weighted by atomic mass is 79.9. The summed E-state index contributed by atoms with van der Waals surface area (Å²) in [6.07, 6.45) is 0.777. The minimum atomic E-state index is 0.144. The summed E-state index contributed by atoms with van der Waals surface area (Å²) < 4.78 is 0.646. The Hall–Kier alpha value is 0.500. The summed E-state index contributed by atoms with van der Waals surface area (Å²) >= 11 is 6.23. The van der Waals surface area contributed by atoms with Crippen molar-refractivity contribution in [2.45, 2.75) is 11.8 Å². The molecule has 0 saturated carbocycles. The first-order chi connectivity index (χ1) is 3.18. The molecule has 0 aromatic carbocycles. The summed E-state index contributed by atoms with van der Waals surface area (Å²) in [5, 5.41) is 9.83.